The van der Waals surface area contributed by atoms with Crippen LogP contribution < -0.4 is 5.73 Å². The Morgan fingerprint density at radius 3 is 3.08 bits per heavy atom. The molecule has 0 saturated carbocycles. The Hall–Kier alpha value is -1.10. The summed E-state index contributed by atoms with van der Waals surface area (Å²) in [5, 5.41) is 0.577. The highest BCUT2D eigenvalue weighted by molar-refractivity contribution is 7.15. The van der Waals surface area contributed by atoms with E-state index < -0.39 is 0 Å². The molecule has 2 N–H and O–H groups in total. The van der Waals surface area contributed by atoms with E-state index in [1.807, 2.05) is 0 Å². The van der Waals surface area contributed by atoms with Crippen LogP contribution in [-0.4, -0.2) is 18.1 Å². The molecule has 4 nitrogen and oxygen atoms in total. The van der Waals surface area contributed by atoms with Crippen LogP contribution in [-0.2, 0) is 16.0 Å². The highest BCUT2D eigenvalue weighted by Gasteiger charge is 2.02. The predicted molar refractivity (Wildman–Crippen MR) is 51.5 cm³/mol. The van der Waals surface area contributed by atoms with Crippen molar-refractivity contribution in [2.75, 3.05) is 12.8 Å². The van der Waals surface area contributed by atoms with Crippen molar-refractivity contribution in [3.8, 4) is 0 Å². The van der Waals surface area contributed by atoms with E-state index in [2.05, 4.69) is 9.72 Å². The van der Waals surface area contributed by atoms with Crippen LogP contribution >= 0.6 is 11.3 Å². The first-order valence-electron chi connectivity index (χ1n) is 3.99. The molecular weight excluding hydrogens is 188 g/mol. The molecule has 0 aromatic carbocycles. The normalized spacial score (nSPS) is 9.92. The van der Waals surface area contributed by atoms with E-state index in [0.29, 0.717) is 11.6 Å². The zero-order chi connectivity index (χ0) is 9.68. The van der Waals surface area contributed by atoms with Gasteiger partial charge >= 0.3 is 5.97 Å². The molecular formula is C8H12N2O2S. The smallest absolute Gasteiger partial charge is 0.305 e. The second-order valence-electron chi connectivity index (χ2n) is 2.59. The van der Waals surface area contributed by atoms with Gasteiger partial charge in [-0.05, 0) is 12.8 Å². The first kappa shape index (κ1) is 9.98. The molecule has 1 rings (SSSR count). The van der Waals surface area contributed by atoms with Gasteiger partial charge in [0.2, 0.25) is 0 Å². The lowest BCUT2D eigenvalue weighted by Gasteiger charge is -1.96. The third kappa shape index (κ3) is 3.42. The van der Waals surface area contributed by atoms with Gasteiger partial charge in [0, 0.05) is 17.5 Å². The number of carbonyl (C=O) groups excluding carboxylic acids is 1. The summed E-state index contributed by atoms with van der Waals surface area (Å²) in [7, 11) is 1.40. The fourth-order valence-corrected chi connectivity index (χ4v) is 1.67. The first-order valence-corrected chi connectivity index (χ1v) is 4.81. The Labute approximate surface area is 80.7 Å². The summed E-state index contributed by atoms with van der Waals surface area (Å²) in [6.45, 7) is 0. The van der Waals surface area contributed by atoms with Gasteiger partial charge in [-0.3, -0.25) is 4.79 Å². The quantitative estimate of drug-likeness (QED) is 0.742. The predicted octanol–water partition coefficient (Wildman–Crippen LogP) is 1.22. The number of aryl methyl sites for hydroxylation is 1. The minimum Gasteiger partial charge on any atom is -0.469 e. The van der Waals surface area contributed by atoms with E-state index in [9.17, 15) is 4.79 Å². The van der Waals surface area contributed by atoms with Crippen LogP contribution in [0.25, 0.3) is 0 Å². The summed E-state index contributed by atoms with van der Waals surface area (Å²) in [5.74, 6) is -0.169. The van der Waals surface area contributed by atoms with Gasteiger partial charge in [-0.25, -0.2) is 4.98 Å². The molecule has 0 amide bonds. The largest absolute Gasteiger partial charge is 0.469 e. The maximum absolute atomic E-state index is 10.7. The number of thiazole rings is 1. The van der Waals surface area contributed by atoms with Crippen molar-refractivity contribution in [3.63, 3.8) is 0 Å². The standard InChI is InChI=1S/C8H12N2O2S/c1-12-7(11)4-2-3-6-5-10-8(9)13-6/h5H,2-4H2,1H3,(H2,9,10). The summed E-state index contributed by atoms with van der Waals surface area (Å²) < 4.78 is 4.52. The van der Waals surface area contributed by atoms with Gasteiger partial charge in [0.15, 0.2) is 5.13 Å². The fourth-order valence-electron chi connectivity index (χ4n) is 0.947. The molecule has 1 aromatic rings. The number of nitrogens with zero attached hydrogens (tertiary/aromatic N) is 1. The first-order chi connectivity index (χ1) is 6.22. The van der Waals surface area contributed by atoms with Gasteiger partial charge in [0.05, 0.1) is 7.11 Å². The van der Waals surface area contributed by atoms with Crippen molar-refractivity contribution in [1.82, 2.24) is 4.98 Å². The zero-order valence-corrected chi connectivity index (χ0v) is 8.26. The fraction of sp³-hybridized carbons (Fsp3) is 0.500. The van der Waals surface area contributed by atoms with Crippen molar-refractivity contribution in [2.45, 2.75) is 19.3 Å². The lowest BCUT2D eigenvalue weighted by molar-refractivity contribution is -0.140. The molecule has 0 spiro atoms. The number of methoxy groups -OCH3 is 1. The number of nitrogen functional groups attached to an aromatic ring is 1. The van der Waals surface area contributed by atoms with Crippen molar-refractivity contribution >= 4 is 22.4 Å². The topological polar surface area (TPSA) is 65.2 Å². The maximum atomic E-state index is 10.7. The summed E-state index contributed by atoms with van der Waals surface area (Å²) >= 11 is 1.46. The summed E-state index contributed by atoms with van der Waals surface area (Å²) in [5.41, 5.74) is 5.45. The van der Waals surface area contributed by atoms with Crippen molar-refractivity contribution in [2.24, 2.45) is 0 Å². The monoisotopic (exact) mass is 200 g/mol. The number of ether oxygens (including phenoxy) is 1. The van der Waals surface area contributed by atoms with Crippen molar-refractivity contribution in [1.29, 1.82) is 0 Å². The number of esters is 1. The number of rotatable bonds is 4. The van der Waals surface area contributed by atoms with E-state index in [-0.39, 0.29) is 5.97 Å². The zero-order valence-electron chi connectivity index (χ0n) is 7.45. The Bertz CT molecular complexity index is 285. The van der Waals surface area contributed by atoms with E-state index in [4.69, 9.17) is 5.73 Å². The number of hydrogen-bond acceptors (Lipinski definition) is 5. The minimum atomic E-state index is -0.169. The lowest BCUT2D eigenvalue weighted by atomic mass is 10.2. The molecule has 0 aliphatic carbocycles. The molecule has 72 valence electrons. The highest BCUT2D eigenvalue weighted by atomic mass is 32.1. The molecule has 1 aromatic heterocycles. The minimum absolute atomic E-state index is 0.169. The number of nitrogens with two attached hydrogens (primary N) is 1. The SMILES string of the molecule is COC(=O)CCCc1cnc(N)s1. The third-order valence-electron chi connectivity index (χ3n) is 1.60. The van der Waals surface area contributed by atoms with E-state index in [0.717, 1.165) is 17.7 Å². The molecule has 0 aliphatic heterocycles. The molecule has 0 bridgehead atoms. The third-order valence-corrected chi connectivity index (χ3v) is 2.49. The van der Waals surface area contributed by atoms with E-state index in [1.165, 1.54) is 18.4 Å². The second-order valence-corrected chi connectivity index (χ2v) is 3.74. The van der Waals surface area contributed by atoms with Gasteiger partial charge in [0.1, 0.15) is 0 Å². The number of carbonyl (C=O) groups is 1. The molecule has 1 heterocycles. The van der Waals surface area contributed by atoms with Crippen LogP contribution in [0.3, 0.4) is 0 Å². The van der Waals surface area contributed by atoms with Gasteiger partial charge in [-0.1, -0.05) is 0 Å². The lowest BCUT2D eigenvalue weighted by Crippen LogP contribution is -1.99. The summed E-state index contributed by atoms with van der Waals surface area (Å²) in [4.78, 5) is 15.8. The molecule has 0 fully saturated rings. The molecule has 5 heteroatoms. The van der Waals surface area contributed by atoms with Crippen LogP contribution in [0.2, 0.25) is 0 Å². The van der Waals surface area contributed by atoms with E-state index >= 15 is 0 Å². The summed E-state index contributed by atoms with van der Waals surface area (Å²) in [6.07, 6.45) is 3.82. The second kappa shape index (κ2) is 4.81. The Kier molecular flexibility index (Phi) is 3.70. The Balaban J connectivity index is 2.24. The van der Waals surface area contributed by atoms with E-state index in [1.54, 1.807) is 6.20 Å². The highest BCUT2D eigenvalue weighted by Crippen LogP contribution is 2.16. The van der Waals surface area contributed by atoms with Gasteiger partial charge < -0.3 is 10.5 Å². The van der Waals surface area contributed by atoms with Crippen LogP contribution in [0.4, 0.5) is 5.13 Å². The molecule has 0 radical (unpaired) electrons. The van der Waals surface area contributed by atoms with Crippen molar-refractivity contribution in [3.05, 3.63) is 11.1 Å². The Morgan fingerprint density at radius 2 is 2.54 bits per heavy atom. The van der Waals surface area contributed by atoms with Crippen molar-refractivity contribution < 1.29 is 9.53 Å². The van der Waals surface area contributed by atoms with Gasteiger partial charge in [0.25, 0.3) is 0 Å². The Morgan fingerprint density at radius 1 is 1.77 bits per heavy atom. The van der Waals surface area contributed by atoms with Crippen LogP contribution in [0.5, 0.6) is 0 Å². The maximum Gasteiger partial charge on any atom is 0.305 e. The van der Waals surface area contributed by atoms with Crippen LogP contribution in [0, 0.1) is 0 Å². The average molecular weight is 200 g/mol. The molecule has 0 atom stereocenters. The average Bonchev–Trinajstić information content (AvgIpc) is 2.51. The van der Waals surface area contributed by atoms with Crippen LogP contribution in [0.1, 0.15) is 17.7 Å². The summed E-state index contributed by atoms with van der Waals surface area (Å²) in [6, 6.07) is 0. The number of anilines is 1. The molecule has 0 saturated heterocycles. The molecule has 13 heavy (non-hydrogen) atoms. The number of hydrogen-bond donors (Lipinski definition) is 1. The van der Waals surface area contributed by atoms with Crippen LogP contribution in [0.15, 0.2) is 6.20 Å². The molecule has 0 aliphatic rings. The van der Waals surface area contributed by atoms with Gasteiger partial charge in [-0.2, -0.15) is 0 Å². The van der Waals surface area contributed by atoms with Gasteiger partial charge in [-0.15, -0.1) is 11.3 Å². The molecule has 0 unspecified atom stereocenters. The number of aromatic nitrogens is 1.